The van der Waals surface area contributed by atoms with E-state index in [0.29, 0.717) is 12.1 Å². The Morgan fingerprint density at radius 3 is 2.38 bits per heavy atom. The number of nitrogens with one attached hydrogen (secondary N) is 1. The quantitative estimate of drug-likeness (QED) is 0.554. The second-order valence-electron chi connectivity index (χ2n) is 4.43. The van der Waals surface area contributed by atoms with Crippen LogP contribution in [0.1, 0.15) is 47.0 Å². The molecule has 0 bridgehead atoms. The summed E-state index contributed by atoms with van der Waals surface area (Å²) in [6.07, 6.45) is 3.60. The van der Waals surface area contributed by atoms with Crippen molar-refractivity contribution in [3.05, 3.63) is 0 Å². The molecule has 0 aromatic heterocycles. The minimum atomic E-state index is 0.308. The maximum atomic E-state index is 5.64. The van der Waals surface area contributed by atoms with E-state index < -0.39 is 0 Å². The molecule has 1 N–H and O–H groups in total. The highest BCUT2D eigenvalue weighted by molar-refractivity contribution is 4.66. The largest absolute Gasteiger partial charge is 0.381 e. The van der Waals surface area contributed by atoms with Crippen LogP contribution in [0.5, 0.6) is 0 Å². The van der Waals surface area contributed by atoms with Crippen LogP contribution in [0.3, 0.4) is 0 Å². The molecule has 0 aliphatic rings. The molecule has 0 spiro atoms. The Balaban J connectivity index is 3.62. The van der Waals surface area contributed by atoms with Gasteiger partial charge in [0.1, 0.15) is 0 Å². The molecule has 0 amide bonds. The summed E-state index contributed by atoms with van der Waals surface area (Å²) in [6.45, 7) is 12.0. The lowest BCUT2D eigenvalue weighted by atomic mass is 10.2. The van der Waals surface area contributed by atoms with Gasteiger partial charge in [-0.15, -0.1) is 0 Å². The van der Waals surface area contributed by atoms with Gasteiger partial charge in [0.2, 0.25) is 0 Å². The van der Waals surface area contributed by atoms with Crippen molar-refractivity contribution < 1.29 is 9.47 Å². The van der Waals surface area contributed by atoms with Crippen LogP contribution < -0.4 is 5.32 Å². The maximum absolute atomic E-state index is 5.64. The van der Waals surface area contributed by atoms with Crippen LogP contribution in [0, 0.1) is 0 Å². The molecular weight excluding hydrogens is 202 g/mol. The van der Waals surface area contributed by atoms with Gasteiger partial charge in [-0.3, -0.25) is 0 Å². The summed E-state index contributed by atoms with van der Waals surface area (Å²) in [5, 5.41) is 3.50. The fraction of sp³-hybridized carbons (Fsp3) is 1.00. The molecule has 0 rings (SSSR count). The van der Waals surface area contributed by atoms with E-state index in [9.17, 15) is 0 Å². The van der Waals surface area contributed by atoms with E-state index in [4.69, 9.17) is 9.47 Å². The molecule has 0 fully saturated rings. The van der Waals surface area contributed by atoms with Gasteiger partial charge in [-0.2, -0.15) is 0 Å². The molecular formula is C13H29NO2. The third-order valence-electron chi connectivity index (χ3n) is 2.27. The molecule has 0 saturated heterocycles. The average molecular weight is 231 g/mol. The van der Waals surface area contributed by atoms with E-state index >= 15 is 0 Å². The van der Waals surface area contributed by atoms with Crippen LogP contribution in [0.4, 0.5) is 0 Å². The molecule has 0 aromatic rings. The SMILES string of the molecule is CCCNC(CCOCCC)COC(C)C. The Morgan fingerprint density at radius 2 is 1.81 bits per heavy atom. The zero-order valence-electron chi connectivity index (χ0n) is 11.4. The maximum Gasteiger partial charge on any atom is 0.0623 e. The fourth-order valence-electron chi connectivity index (χ4n) is 1.37. The first-order valence-corrected chi connectivity index (χ1v) is 6.63. The normalized spacial score (nSPS) is 13.3. The van der Waals surface area contributed by atoms with Crippen molar-refractivity contribution in [2.45, 2.75) is 59.1 Å². The van der Waals surface area contributed by atoms with Crippen LogP contribution in [0.15, 0.2) is 0 Å². The van der Waals surface area contributed by atoms with Gasteiger partial charge >= 0.3 is 0 Å². The van der Waals surface area contributed by atoms with E-state index in [2.05, 4.69) is 33.0 Å². The van der Waals surface area contributed by atoms with Gasteiger partial charge in [-0.25, -0.2) is 0 Å². The molecule has 0 aromatic carbocycles. The lowest BCUT2D eigenvalue weighted by Gasteiger charge is -2.20. The summed E-state index contributed by atoms with van der Waals surface area (Å²) in [4.78, 5) is 0. The van der Waals surface area contributed by atoms with E-state index in [0.717, 1.165) is 45.6 Å². The Morgan fingerprint density at radius 1 is 1.06 bits per heavy atom. The van der Waals surface area contributed by atoms with Crippen molar-refractivity contribution >= 4 is 0 Å². The van der Waals surface area contributed by atoms with Crippen molar-refractivity contribution in [1.82, 2.24) is 5.32 Å². The summed E-state index contributed by atoms with van der Waals surface area (Å²) >= 11 is 0. The van der Waals surface area contributed by atoms with E-state index in [1.165, 1.54) is 0 Å². The van der Waals surface area contributed by atoms with Crippen molar-refractivity contribution in [3.63, 3.8) is 0 Å². The van der Waals surface area contributed by atoms with Crippen molar-refractivity contribution in [2.24, 2.45) is 0 Å². The zero-order chi connectivity index (χ0) is 12.2. The Bertz CT molecular complexity index is 140. The molecule has 98 valence electrons. The summed E-state index contributed by atoms with van der Waals surface area (Å²) in [5.74, 6) is 0. The van der Waals surface area contributed by atoms with Crippen LogP contribution in [0.2, 0.25) is 0 Å². The smallest absolute Gasteiger partial charge is 0.0623 e. The molecule has 0 saturated carbocycles. The van der Waals surface area contributed by atoms with Gasteiger partial charge in [0.25, 0.3) is 0 Å². The van der Waals surface area contributed by atoms with Gasteiger partial charge in [-0.1, -0.05) is 13.8 Å². The van der Waals surface area contributed by atoms with E-state index in [1.807, 2.05) is 0 Å². The third-order valence-corrected chi connectivity index (χ3v) is 2.27. The van der Waals surface area contributed by atoms with Crippen molar-refractivity contribution in [1.29, 1.82) is 0 Å². The molecule has 3 heteroatoms. The van der Waals surface area contributed by atoms with Gasteiger partial charge in [0, 0.05) is 19.3 Å². The first kappa shape index (κ1) is 15.9. The third kappa shape index (κ3) is 10.4. The van der Waals surface area contributed by atoms with Crippen LogP contribution in [-0.4, -0.2) is 38.5 Å². The minimum absolute atomic E-state index is 0.308. The lowest BCUT2D eigenvalue weighted by molar-refractivity contribution is 0.0484. The van der Waals surface area contributed by atoms with Gasteiger partial charge < -0.3 is 14.8 Å². The summed E-state index contributed by atoms with van der Waals surface area (Å²) in [5.41, 5.74) is 0. The van der Waals surface area contributed by atoms with E-state index in [1.54, 1.807) is 0 Å². The highest BCUT2D eigenvalue weighted by Crippen LogP contribution is 1.98. The van der Waals surface area contributed by atoms with E-state index in [-0.39, 0.29) is 0 Å². The molecule has 3 nitrogen and oxygen atoms in total. The minimum Gasteiger partial charge on any atom is -0.381 e. The topological polar surface area (TPSA) is 30.5 Å². The number of ether oxygens (including phenoxy) is 2. The molecule has 0 heterocycles. The summed E-state index contributed by atoms with van der Waals surface area (Å²) < 4.78 is 11.1. The molecule has 1 unspecified atom stereocenters. The number of hydrogen-bond acceptors (Lipinski definition) is 3. The van der Waals surface area contributed by atoms with Gasteiger partial charge in [-0.05, 0) is 39.7 Å². The fourth-order valence-corrected chi connectivity index (χ4v) is 1.37. The Kier molecular flexibility index (Phi) is 11.3. The Hall–Kier alpha value is -0.120. The molecule has 16 heavy (non-hydrogen) atoms. The summed E-state index contributed by atoms with van der Waals surface area (Å²) in [7, 11) is 0. The predicted octanol–water partition coefficient (Wildman–Crippen LogP) is 2.60. The molecule has 0 aliphatic heterocycles. The van der Waals surface area contributed by atoms with Crippen molar-refractivity contribution in [3.8, 4) is 0 Å². The molecule has 0 radical (unpaired) electrons. The lowest BCUT2D eigenvalue weighted by Crippen LogP contribution is -2.36. The monoisotopic (exact) mass is 231 g/mol. The molecule has 1 atom stereocenters. The van der Waals surface area contributed by atoms with Gasteiger partial charge in [0.15, 0.2) is 0 Å². The first-order chi connectivity index (χ1) is 7.70. The Labute approximate surface area is 101 Å². The van der Waals surface area contributed by atoms with Crippen LogP contribution in [-0.2, 0) is 9.47 Å². The highest BCUT2D eigenvalue weighted by Gasteiger charge is 2.08. The average Bonchev–Trinajstić information content (AvgIpc) is 2.26. The molecule has 0 aliphatic carbocycles. The first-order valence-electron chi connectivity index (χ1n) is 6.63. The van der Waals surface area contributed by atoms with Crippen LogP contribution in [0.25, 0.3) is 0 Å². The second-order valence-corrected chi connectivity index (χ2v) is 4.43. The van der Waals surface area contributed by atoms with Gasteiger partial charge in [0.05, 0.1) is 12.7 Å². The number of rotatable bonds is 11. The second kappa shape index (κ2) is 11.4. The van der Waals surface area contributed by atoms with Crippen LogP contribution >= 0.6 is 0 Å². The standard InChI is InChI=1S/C13H29NO2/c1-5-8-14-13(11-16-12(3)4)7-10-15-9-6-2/h12-14H,5-11H2,1-4H3. The summed E-state index contributed by atoms with van der Waals surface area (Å²) in [6, 6.07) is 0.430. The highest BCUT2D eigenvalue weighted by atomic mass is 16.5. The van der Waals surface area contributed by atoms with Crippen molar-refractivity contribution in [2.75, 3.05) is 26.4 Å². The predicted molar refractivity (Wildman–Crippen MR) is 68.9 cm³/mol. The number of hydrogen-bond donors (Lipinski definition) is 1. The zero-order valence-corrected chi connectivity index (χ0v) is 11.4.